The molecule has 6 nitrogen and oxygen atoms in total. The highest BCUT2D eigenvalue weighted by atomic mass is 35.5. The van der Waals surface area contributed by atoms with E-state index < -0.39 is 0 Å². The van der Waals surface area contributed by atoms with Crippen molar-refractivity contribution in [1.82, 2.24) is 20.1 Å². The summed E-state index contributed by atoms with van der Waals surface area (Å²) in [5.41, 5.74) is 1.40. The number of hydrogen-bond acceptors (Lipinski definition) is 5. The quantitative estimate of drug-likeness (QED) is 0.333. The largest absolute Gasteiger partial charge is 0.345 e. The minimum absolute atomic E-state index is 0.130. The third-order valence-electron chi connectivity index (χ3n) is 5.06. The van der Waals surface area contributed by atoms with Crippen molar-refractivity contribution < 1.29 is 9.59 Å². The monoisotopic (exact) mass is 498 g/mol. The summed E-state index contributed by atoms with van der Waals surface area (Å²) in [5, 5.41) is 12.9. The molecule has 2 heterocycles. The van der Waals surface area contributed by atoms with Gasteiger partial charge in [0.1, 0.15) is 10.8 Å². The minimum Gasteiger partial charge on any atom is -0.345 e. The van der Waals surface area contributed by atoms with E-state index in [0.29, 0.717) is 43.4 Å². The van der Waals surface area contributed by atoms with Crippen molar-refractivity contribution in [2.24, 2.45) is 0 Å². The van der Waals surface area contributed by atoms with E-state index in [9.17, 15) is 9.59 Å². The first-order valence-electron chi connectivity index (χ1n) is 10.3. The van der Waals surface area contributed by atoms with Crippen LogP contribution in [0.25, 0.3) is 5.00 Å². The number of amides is 1. The summed E-state index contributed by atoms with van der Waals surface area (Å²) in [4.78, 5) is 27.0. The van der Waals surface area contributed by atoms with Crippen LogP contribution in [0, 0.1) is 6.92 Å². The molecule has 33 heavy (non-hydrogen) atoms. The van der Waals surface area contributed by atoms with E-state index in [1.807, 2.05) is 24.5 Å². The lowest BCUT2D eigenvalue weighted by Crippen LogP contribution is -2.24. The van der Waals surface area contributed by atoms with Crippen LogP contribution in [0.15, 0.2) is 54.6 Å². The van der Waals surface area contributed by atoms with Gasteiger partial charge < -0.3 is 5.32 Å². The number of aromatic nitrogens is 3. The van der Waals surface area contributed by atoms with Gasteiger partial charge in [-0.2, -0.15) is 0 Å². The number of benzene rings is 2. The smallest absolute Gasteiger partial charge is 0.251 e. The Kier molecular flexibility index (Phi) is 6.93. The van der Waals surface area contributed by atoms with Gasteiger partial charge in [-0.15, -0.1) is 21.5 Å². The minimum atomic E-state index is -0.280. The van der Waals surface area contributed by atoms with Crippen LogP contribution in [0.2, 0.25) is 10.0 Å². The zero-order chi connectivity index (χ0) is 23.5. The van der Waals surface area contributed by atoms with E-state index in [2.05, 4.69) is 15.5 Å². The number of thiophene rings is 1. The van der Waals surface area contributed by atoms with Crippen molar-refractivity contribution in [2.45, 2.75) is 26.8 Å². The molecule has 0 unspecified atom stereocenters. The highest BCUT2D eigenvalue weighted by Crippen LogP contribution is 2.32. The number of halogens is 2. The molecule has 1 N–H and O–H groups in total. The number of ketones is 1. The van der Waals surface area contributed by atoms with Gasteiger partial charge >= 0.3 is 0 Å². The maximum atomic E-state index is 13.4. The molecule has 0 aliphatic carbocycles. The molecule has 4 rings (SSSR count). The van der Waals surface area contributed by atoms with Crippen LogP contribution < -0.4 is 5.32 Å². The van der Waals surface area contributed by atoms with Crippen LogP contribution in [-0.4, -0.2) is 26.5 Å². The lowest BCUT2D eigenvalue weighted by atomic mass is 10.0. The first-order valence-corrected chi connectivity index (χ1v) is 11.8. The fourth-order valence-electron chi connectivity index (χ4n) is 3.40. The van der Waals surface area contributed by atoms with Crippen molar-refractivity contribution in [3.63, 3.8) is 0 Å². The van der Waals surface area contributed by atoms with E-state index in [1.54, 1.807) is 48.5 Å². The molecule has 0 radical (unpaired) electrons. The number of nitrogens with zero attached hydrogens (tertiary/aromatic N) is 3. The van der Waals surface area contributed by atoms with Crippen LogP contribution in [-0.2, 0) is 13.0 Å². The Morgan fingerprint density at radius 2 is 1.82 bits per heavy atom. The molecule has 9 heteroatoms. The lowest BCUT2D eigenvalue weighted by molar-refractivity contribution is 0.0948. The van der Waals surface area contributed by atoms with Crippen molar-refractivity contribution in [1.29, 1.82) is 0 Å². The van der Waals surface area contributed by atoms with Crippen molar-refractivity contribution in [2.75, 3.05) is 0 Å². The maximum Gasteiger partial charge on any atom is 0.251 e. The first kappa shape index (κ1) is 23.2. The molecule has 1 amide bonds. The van der Waals surface area contributed by atoms with Crippen molar-refractivity contribution in [3.05, 3.63) is 97.9 Å². The molecule has 168 valence electrons. The normalized spacial score (nSPS) is 10.9. The molecule has 0 spiro atoms. The summed E-state index contributed by atoms with van der Waals surface area (Å²) in [6.07, 6.45) is 0.773. The van der Waals surface area contributed by atoms with Crippen LogP contribution >= 0.6 is 34.5 Å². The lowest BCUT2D eigenvalue weighted by Gasteiger charge is -2.11. The highest BCUT2D eigenvalue weighted by Gasteiger charge is 2.24. The summed E-state index contributed by atoms with van der Waals surface area (Å²) >= 11 is 13.8. The molecule has 2 aromatic carbocycles. The number of aryl methyl sites for hydroxylation is 2. The molecular formula is C24H20Cl2N4O2S. The fraction of sp³-hybridized carbons (Fsp3) is 0.167. The third-order valence-corrected chi connectivity index (χ3v) is 6.89. The predicted molar refractivity (Wildman–Crippen MR) is 131 cm³/mol. The van der Waals surface area contributed by atoms with Gasteiger partial charge in [-0.1, -0.05) is 48.3 Å². The van der Waals surface area contributed by atoms with E-state index >= 15 is 0 Å². The fourth-order valence-corrected chi connectivity index (χ4v) is 4.97. The molecule has 0 saturated heterocycles. The molecule has 2 aromatic heterocycles. The SMILES string of the molecule is CCc1cc(C(=O)c2ccccc2Cl)c(-n2c(C)nnc2CNC(=O)c2cccc(Cl)c2)s1. The molecular weight excluding hydrogens is 479 g/mol. The summed E-state index contributed by atoms with van der Waals surface area (Å²) in [5.74, 6) is 0.673. The number of rotatable bonds is 7. The van der Waals surface area contributed by atoms with Crippen molar-refractivity contribution >= 4 is 46.2 Å². The summed E-state index contributed by atoms with van der Waals surface area (Å²) in [6, 6.07) is 15.6. The van der Waals surface area contributed by atoms with Gasteiger partial charge in [0.05, 0.1) is 17.1 Å². The van der Waals surface area contributed by atoms with Gasteiger partial charge in [0.2, 0.25) is 0 Å². The van der Waals surface area contributed by atoms with Gasteiger partial charge in [-0.05, 0) is 49.7 Å². The molecule has 0 aliphatic heterocycles. The number of hydrogen-bond donors (Lipinski definition) is 1. The Morgan fingerprint density at radius 1 is 1.03 bits per heavy atom. The molecule has 0 aliphatic rings. The van der Waals surface area contributed by atoms with Crippen LogP contribution in [0.3, 0.4) is 0 Å². The van der Waals surface area contributed by atoms with Gasteiger partial charge in [0, 0.05) is 21.0 Å². The van der Waals surface area contributed by atoms with Crippen LogP contribution in [0.1, 0.15) is 49.7 Å². The van der Waals surface area contributed by atoms with E-state index in [4.69, 9.17) is 23.2 Å². The topological polar surface area (TPSA) is 76.9 Å². The Labute approximate surface area is 205 Å². The molecule has 0 atom stereocenters. The Balaban J connectivity index is 1.68. The molecule has 0 bridgehead atoms. The van der Waals surface area contributed by atoms with Crippen molar-refractivity contribution in [3.8, 4) is 5.00 Å². The second-order valence-electron chi connectivity index (χ2n) is 7.29. The Hall–Kier alpha value is -3.00. The maximum absolute atomic E-state index is 13.4. The molecule has 4 aromatic rings. The predicted octanol–water partition coefficient (Wildman–Crippen LogP) is 5.67. The standard InChI is InChI=1S/C24H20Cl2N4O2S/c1-3-17-12-19(22(31)18-9-4-5-10-20(18)26)24(33-17)30-14(2)28-29-21(30)13-27-23(32)15-7-6-8-16(25)11-15/h4-12H,3,13H2,1-2H3,(H,27,32). The second kappa shape index (κ2) is 9.87. The Morgan fingerprint density at radius 3 is 2.55 bits per heavy atom. The van der Waals surface area contributed by atoms with Gasteiger partial charge in [0.25, 0.3) is 5.91 Å². The molecule has 0 saturated carbocycles. The van der Waals surface area contributed by atoms with E-state index in [1.165, 1.54) is 11.3 Å². The Bertz CT molecular complexity index is 1350. The number of carbonyl (C=O) groups is 2. The van der Waals surface area contributed by atoms with E-state index in [-0.39, 0.29) is 18.2 Å². The zero-order valence-corrected chi connectivity index (χ0v) is 20.3. The first-order chi connectivity index (χ1) is 15.9. The number of carbonyl (C=O) groups excluding carboxylic acids is 2. The van der Waals surface area contributed by atoms with Gasteiger partial charge in [-0.3, -0.25) is 14.2 Å². The van der Waals surface area contributed by atoms with Gasteiger partial charge in [-0.25, -0.2) is 0 Å². The van der Waals surface area contributed by atoms with Crippen LogP contribution in [0.4, 0.5) is 0 Å². The second-order valence-corrected chi connectivity index (χ2v) is 9.24. The zero-order valence-electron chi connectivity index (χ0n) is 17.9. The third kappa shape index (κ3) is 4.85. The number of nitrogens with one attached hydrogen (secondary N) is 1. The summed E-state index contributed by atoms with van der Waals surface area (Å²) in [7, 11) is 0. The molecule has 0 fully saturated rings. The van der Waals surface area contributed by atoms with Crippen LogP contribution in [0.5, 0.6) is 0 Å². The summed E-state index contributed by atoms with van der Waals surface area (Å²) < 4.78 is 1.81. The average molecular weight is 499 g/mol. The van der Waals surface area contributed by atoms with E-state index in [0.717, 1.165) is 11.3 Å². The average Bonchev–Trinajstić information content (AvgIpc) is 3.40. The summed E-state index contributed by atoms with van der Waals surface area (Å²) in [6.45, 7) is 3.97. The highest BCUT2D eigenvalue weighted by molar-refractivity contribution is 7.15. The van der Waals surface area contributed by atoms with Gasteiger partial charge in [0.15, 0.2) is 11.6 Å².